The van der Waals surface area contributed by atoms with E-state index in [1.807, 2.05) is 45.0 Å². The number of ether oxygens (including phenoxy) is 3. The molecule has 1 unspecified atom stereocenters. The van der Waals surface area contributed by atoms with E-state index >= 15 is 0 Å². The summed E-state index contributed by atoms with van der Waals surface area (Å²) in [5.41, 5.74) is 2.51. The van der Waals surface area contributed by atoms with Gasteiger partial charge in [0.15, 0.2) is 0 Å². The van der Waals surface area contributed by atoms with Gasteiger partial charge >= 0.3 is 0 Å². The van der Waals surface area contributed by atoms with Crippen molar-refractivity contribution in [3.8, 4) is 17.2 Å². The summed E-state index contributed by atoms with van der Waals surface area (Å²) in [5, 5.41) is 11.7. The summed E-state index contributed by atoms with van der Waals surface area (Å²) in [4.78, 5) is 28.7. The molecule has 7 heteroatoms. The van der Waals surface area contributed by atoms with Gasteiger partial charge in [0.2, 0.25) is 0 Å². The van der Waals surface area contributed by atoms with Crippen molar-refractivity contribution in [2.24, 2.45) is 0 Å². The number of nitrogens with zero attached hydrogens (tertiary/aromatic N) is 1. The van der Waals surface area contributed by atoms with E-state index in [0.29, 0.717) is 53.9 Å². The maximum Gasteiger partial charge on any atom is 0.300 e. The van der Waals surface area contributed by atoms with Gasteiger partial charge in [-0.1, -0.05) is 51.1 Å². The number of hydrogen-bond donors (Lipinski definition) is 1. The summed E-state index contributed by atoms with van der Waals surface area (Å²) < 4.78 is 17.1. The third-order valence-electron chi connectivity index (χ3n) is 6.76. The molecule has 7 nitrogen and oxygen atoms in total. The summed E-state index contributed by atoms with van der Waals surface area (Å²) >= 11 is 0. The van der Waals surface area contributed by atoms with Gasteiger partial charge in [-0.05, 0) is 61.6 Å². The molecule has 1 amide bonds. The summed E-state index contributed by atoms with van der Waals surface area (Å²) in [7, 11) is 0. The quantitative estimate of drug-likeness (QED) is 0.181. The summed E-state index contributed by atoms with van der Waals surface area (Å²) in [6, 6.07) is 19.0. The number of aliphatic hydroxyl groups is 1. The molecule has 3 aromatic carbocycles. The Kier molecular flexibility index (Phi) is 8.52. The Morgan fingerprint density at radius 3 is 2.05 bits per heavy atom. The van der Waals surface area contributed by atoms with Gasteiger partial charge in [0.05, 0.1) is 37.0 Å². The number of benzene rings is 3. The van der Waals surface area contributed by atoms with Crippen LogP contribution in [0, 0.1) is 0 Å². The molecule has 1 heterocycles. The number of amides is 1. The molecule has 1 saturated heterocycles. The Bertz CT molecular complexity index is 1420. The summed E-state index contributed by atoms with van der Waals surface area (Å²) in [5.74, 6) is -0.307. The van der Waals surface area contributed by atoms with Crippen LogP contribution in [0.5, 0.6) is 17.2 Å². The van der Waals surface area contributed by atoms with E-state index in [-0.39, 0.29) is 16.7 Å². The van der Waals surface area contributed by atoms with Crippen molar-refractivity contribution in [1.29, 1.82) is 0 Å². The van der Waals surface area contributed by atoms with Crippen molar-refractivity contribution < 1.29 is 28.9 Å². The van der Waals surface area contributed by atoms with Gasteiger partial charge in [0.25, 0.3) is 11.7 Å². The number of carbonyl (C=O) groups excluding carboxylic acids is 2. The number of carbonyl (C=O) groups is 2. The minimum Gasteiger partial charge on any atom is -0.507 e. The molecule has 1 aliphatic rings. The maximum absolute atomic E-state index is 13.7. The molecule has 1 aliphatic heterocycles. The zero-order valence-electron chi connectivity index (χ0n) is 24.0. The number of ketones is 1. The third-order valence-corrected chi connectivity index (χ3v) is 6.76. The summed E-state index contributed by atoms with van der Waals surface area (Å²) in [6.45, 7) is 13.2. The van der Waals surface area contributed by atoms with E-state index < -0.39 is 17.7 Å². The van der Waals surface area contributed by atoms with E-state index in [4.69, 9.17) is 14.2 Å². The van der Waals surface area contributed by atoms with Gasteiger partial charge in [0.1, 0.15) is 23.0 Å². The Morgan fingerprint density at radius 2 is 1.45 bits per heavy atom. The van der Waals surface area contributed by atoms with E-state index in [0.717, 1.165) is 5.56 Å². The van der Waals surface area contributed by atoms with E-state index in [2.05, 4.69) is 20.8 Å². The monoisotopic (exact) mass is 543 g/mol. The van der Waals surface area contributed by atoms with Gasteiger partial charge in [-0.15, -0.1) is 0 Å². The molecule has 1 atom stereocenters. The van der Waals surface area contributed by atoms with Gasteiger partial charge in [-0.25, -0.2) is 0 Å². The average molecular weight is 544 g/mol. The largest absolute Gasteiger partial charge is 0.507 e. The predicted molar refractivity (Wildman–Crippen MR) is 156 cm³/mol. The molecule has 40 heavy (non-hydrogen) atoms. The summed E-state index contributed by atoms with van der Waals surface area (Å²) in [6.07, 6.45) is 0. The standard InChI is InChI=1S/C33H37NO6/c1-7-38-24-12-10-11-23(19-24)34-29(21-13-15-22(16-14-21)33(4,5)6)28(31(36)32(34)37)30(35)26-18-17-25(39-8-2)20-27(26)40-9-3/h10-20,29,35H,7-9H2,1-6H3/b30-28-. The lowest BCUT2D eigenvalue weighted by Gasteiger charge is -2.27. The van der Waals surface area contributed by atoms with Crippen LogP contribution in [0.3, 0.4) is 0 Å². The van der Waals surface area contributed by atoms with Crippen LogP contribution in [0.25, 0.3) is 5.76 Å². The molecule has 0 bridgehead atoms. The minimum atomic E-state index is -0.869. The fraction of sp³-hybridized carbons (Fsp3) is 0.333. The second-order valence-electron chi connectivity index (χ2n) is 10.5. The number of anilines is 1. The van der Waals surface area contributed by atoms with Crippen LogP contribution >= 0.6 is 0 Å². The molecule has 0 aromatic heterocycles. The Hall–Kier alpha value is -4.26. The highest BCUT2D eigenvalue weighted by atomic mass is 16.5. The van der Waals surface area contributed by atoms with Gasteiger partial charge in [0, 0.05) is 17.8 Å². The second-order valence-corrected chi connectivity index (χ2v) is 10.5. The number of Topliss-reactive ketones (excluding diaryl/α,β-unsaturated/α-hetero) is 1. The number of rotatable bonds is 9. The van der Waals surface area contributed by atoms with Gasteiger partial charge < -0.3 is 19.3 Å². The molecule has 1 N–H and O–H groups in total. The number of hydrogen-bond acceptors (Lipinski definition) is 6. The Morgan fingerprint density at radius 1 is 0.825 bits per heavy atom. The second kappa shape index (κ2) is 11.9. The SMILES string of the molecule is CCOc1cccc(N2C(=O)C(=O)/C(=C(\O)c3ccc(OCC)cc3OCC)C2c2ccc(C(C)(C)C)cc2)c1. The average Bonchev–Trinajstić information content (AvgIpc) is 3.19. The zero-order valence-corrected chi connectivity index (χ0v) is 24.0. The van der Waals surface area contributed by atoms with Crippen molar-refractivity contribution in [3.05, 3.63) is 89.0 Å². The smallest absolute Gasteiger partial charge is 0.300 e. The normalized spacial score (nSPS) is 16.8. The molecular formula is C33H37NO6. The molecule has 0 radical (unpaired) electrons. The van der Waals surface area contributed by atoms with Crippen LogP contribution in [0.1, 0.15) is 64.3 Å². The first-order chi connectivity index (χ1) is 19.1. The zero-order chi connectivity index (χ0) is 29.0. The first kappa shape index (κ1) is 28.7. The predicted octanol–water partition coefficient (Wildman–Crippen LogP) is 6.81. The molecule has 210 valence electrons. The van der Waals surface area contributed by atoms with E-state index in [1.165, 1.54) is 4.90 Å². The fourth-order valence-electron chi connectivity index (χ4n) is 4.84. The van der Waals surface area contributed by atoms with Crippen molar-refractivity contribution in [2.75, 3.05) is 24.7 Å². The lowest BCUT2D eigenvalue weighted by atomic mass is 9.85. The fourth-order valence-corrected chi connectivity index (χ4v) is 4.84. The third kappa shape index (κ3) is 5.69. The highest BCUT2D eigenvalue weighted by molar-refractivity contribution is 6.51. The first-order valence-electron chi connectivity index (χ1n) is 13.6. The topological polar surface area (TPSA) is 85.3 Å². The first-order valence-corrected chi connectivity index (χ1v) is 13.6. The molecule has 4 rings (SSSR count). The van der Waals surface area contributed by atoms with Crippen LogP contribution in [0.4, 0.5) is 5.69 Å². The van der Waals surface area contributed by atoms with Crippen molar-refractivity contribution in [3.63, 3.8) is 0 Å². The minimum absolute atomic E-state index is 0.0135. The molecule has 0 aliphatic carbocycles. The van der Waals surface area contributed by atoms with Gasteiger partial charge in [-0.2, -0.15) is 0 Å². The maximum atomic E-state index is 13.7. The Balaban J connectivity index is 1.94. The van der Waals surface area contributed by atoms with Crippen LogP contribution < -0.4 is 19.1 Å². The molecule has 1 fully saturated rings. The van der Waals surface area contributed by atoms with Crippen molar-refractivity contribution in [1.82, 2.24) is 0 Å². The van der Waals surface area contributed by atoms with Crippen LogP contribution in [0.2, 0.25) is 0 Å². The molecular weight excluding hydrogens is 506 g/mol. The van der Waals surface area contributed by atoms with Crippen LogP contribution in [-0.2, 0) is 15.0 Å². The molecule has 0 spiro atoms. The molecule has 0 saturated carbocycles. The van der Waals surface area contributed by atoms with E-state index in [9.17, 15) is 14.7 Å². The lowest BCUT2D eigenvalue weighted by Crippen LogP contribution is -2.29. The van der Waals surface area contributed by atoms with Crippen LogP contribution in [-0.4, -0.2) is 36.6 Å². The molecule has 3 aromatic rings. The number of aliphatic hydroxyl groups excluding tert-OH is 1. The highest BCUT2D eigenvalue weighted by Crippen LogP contribution is 2.44. The lowest BCUT2D eigenvalue weighted by molar-refractivity contribution is -0.132. The van der Waals surface area contributed by atoms with Crippen molar-refractivity contribution in [2.45, 2.75) is 53.0 Å². The van der Waals surface area contributed by atoms with Crippen LogP contribution in [0.15, 0.2) is 72.3 Å². The van der Waals surface area contributed by atoms with Gasteiger partial charge in [-0.3, -0.25) is 14.5 Å². The highest BCUT2D eigenvalue weighted by Gasteiger charge is 2.47. The Labute approximate surface area is 236 Å². The van der Waals surface area contributed by atoms with E-state index in [1.54, 1.807) is 42.5 Å². The van der Waals surface area contributed by atoms with Crippen molar-refractivity contribution >= 4 is 23.1 Å².